The van der Waals surface area contributed by atoms with Gasteiger partial charge in [-0.3, -0.25) is 9.89 Å². The van der Waals surface area contributed by atoms with Gasteiger partial charge in [0.1, 0.15) is 5.75 Å². The fraction of sp³-hybridized carbons (Fsp3) is 0.667. The van der Waals surface area contributed by atoms with E-state index in [1.165, 1.54) is 37.7 Å². The zero-order valence-electron chi connectivity index (χ0n) is 16.1. The van der Waals surface area contributed by atoms with Crippen molar-refractivity contribution in [3.8, 4) is 5.75 Å². The third kappa shape index (κ3) is 4.50. The second-order valence-corrected chi connectivity index (χ2v) is 8.14. The van der Waals surface area contributed by atoms with E-state index in [-0.39, 0.29) is 0 Å². The number of hydrogen-bond donors (Lipinski definition) is 2. The molecule has 0 spiro atoms. The number of guanidine groups is 1. The summed E-state index contributed by atoms with van der Waals surface area (Å²) in [4.78, 5) is 7.08. The molecule has 2 N–H and O–H groups in total. The molecule has 2 aliphatic carbocycles. The second-order valence-electron chi connectivity index (χ2n) is 8.14. The Morgan fingerprint density at radius 3 is 2.77 bits per heavy atom. The first-order chi connectivity index (χ1) is 12.7. The molecular formula is C21H32N4O. The maximum atomic E-state index is 6.01. The van der Waals surface area contributed by atoms with Gasteiger partial charge in [-0.2, -0.15) is 0 Å². The molecule has 1 aromatic rings. The number of para-hydroxylation sites is 1. The Labute approximate surface area is 157 Å². The van der Waals surface area contributed by atoms with Crippen LogP contribution in [0.25, 0.3) is 0 Å². The Morgan fingerprint density at radius 1 is 1.23 bits per heavy atom. The number of nitrogens with zero attached hydrogens (tertiary/aromatic N) is 2. The highest BCUT2D eigenvalue weighted by Crippen LogP contribution is 2.33. The molecule has 3 aliphatic rings. The summed E-state index contributed by atoms with van der Waals surface area (Å²) in [5, 5.41) is 7.09. The van der Waals surface area contributed by atoms with Gasteiger partial charge in [-0.25, -0.2) is 0 Å². The number of ether oxygens (including phenoxy) is 1. The summed E-state index contributed by atoms with van der Waals surface area (Å²) in [7, 11) is 1.85. The largest absolute Gasteiger partial charge is 0.493 e. The number of likely N-dealkylation sites (tertiary alicyclic amines) is 1. The van der Waals surface area contributed by atoms with Crippen LogP contribution < -0.4 is 15.4 Å². The topological polar surface area (TPSA) is 48.9 Å². The Bertz CT molecular complexity index is 639. The number of nitrogens with one attached hydrogen (secondary N) is 2. The summed E-state index contributed by atoms with van der Waals surface area (Å²) in [6, 6.07) is 10.3. The van der Waals surface area contributed by atoms with Crippen molar-refractivity contribution >= 4 is 5.96 Å². The van der Waals surface area contributed by atoms with Crippen LogP contribution in [0.2, 0.25) is 0 Å². The molecule has 5 nitrogen and oxygen atoms in total. The Morgan fingerprint density at radius 2 is 2.04 bits per heavy atom. The van der Waals surface area contributed by atoms with Gasteiger partial charge < -0.3 is 15.4 Å². The zero-order valence-corrected chi connectivity index (χ0v) is 16.1. The van der Waals surface area contributed by atoms with Crippen molar-refractivity contribution in [2.24, 2.45) is 10.9 Å². The molecule has 0 bridgehead atoms. The van der Waals surface area contributed by atoms with E-state index in [1.807, 2.05) is 13.1 Å². The summed E-state index contributed by atoms with van der Waals surface area (Å²) in [6.07, 6.45) is 6.57. The predicted molar refractivity (Wildman–Crippen MR) is 106 cm³/mol. The molecule has 2 saturated carbocycles. The molecule has 0 amide bonds. The molecule has 26 heavy (non-hydrogen) atoms. The average molecular weight is 357 g/mol. The minimum Gasteiger partial charge on any atom is -0.493 e. The van der Waals surface area contributed by atoms with Crippen LogP contribution in [0.15, 0.2) is 29.3 Å². The Hall–Kier alpha value is -1.75. The van der Waals surface area contributed by atoms with E-state index in [4.69, 9.17) is 4.74 Å². The van der Waals surface area contributed by atoms with Gasteiger partial charge in [0, 0.05) is 43.8 Å². The molecule has 3 fully saturated rings. The van der Waals surface area contributed by atoms with Crippen LogP contribution in [0.4, 0.5) is 0 Å². The lowest BCUT2D eigenvalue weighted by Crippen LogP contribution is -2.44. The molecule has 4 rings (SSSR count). The van der Waals surface area contributed by atoms with Gasteiger partial charge in [0.25, 0.3) is 0 Å². The van der Waals surface area contributed by atoms with Crippen molar-refractivity contribution in [3.63, 3.8) is 0 Å². The van der Waals surface area contributed by atoms with Crippen LogP contribution in [0.3, 0.4) is 0 Å². The molecule has 1 heterocycles. The number of benzene rings is 1. The van der Waals surface area contributed by atoms with Crippen LogP contribution in [-0.2, 0) is 6.54 Å². The molecule has 0 aromatic heterocycles. The van der Waals surface area contributed by atoms with Gasteiger partial charge in [-0.05, 0) is 51.0 Å². The van der Waals surface area contributed by atoms with E-state index in [1.54, 1.807) is 0 Å². The SMILES string of the molecule is CN=C(NCc1ccccc1OCC1CC1)NC1CC(C)N(C2CC2)C1. The first-order valence-electron chi connectivity index (χ1n) is 10.2. The minimum absolute atomic E-state index is 0.484. The fourth-order valence-electron chi connectivity index (χ4n) is 3.93. The predicted octanol–water partition coefficient (Wildman–Crippen LogP) is 2.77. The van der Waals surface area contributed by atoms with Gasteiger partial charge in [-0.1, -0.05) is 18.2 Å². The van der Waals surface area contributed by atoms with E-state index in [2.05, 4.69) is 45.6 Å². The average Bonchev–Trinajstić information content (AvgIpc) is 3.57. The van der Waals surface area contributed by atoms with Crippen molar-refractivity contribution < 1.29 is 4.74 Å². The van der Waals surface area contributed by atoms with E-state index < -0.39 is 0 Å². The first-order valence-corrected chi connectivity index (χ1v) is 10.2. The lowest BCUT2D eigenvalue weighted by Gasteiger charge is -2.20. The van der Waals surface area contributed by atoms with E-state index in [0.29, 0.717) is 12.1 Å². The quantitative estimate of drug-likeness (QED) is 0.583. The van der Waals surface area contributed by atoms with E-state index in [0.717, 1.165) is 43.4 Å². The standard InChI is InChI=1S/C21H32N4O/c1-15-11-18(13-25(15)19-9-10-19)24-21(22-2)23-12-17-5-3-4-6-20(17)26-14-16-7-8-16/h3-6,15-16,18-19H,7-14H2,1-2H3,(H2,22,23,24). The lowest BCUT2D eigenvalue weighted by atomic mass is 10.2. The minimum atomic E-state index is 0.484. The first kappa shape index (κ1) is 17.7. The van der Waals surface area contributed by atoms with Crippen molar-refractivity contribution in [1.29, 1.82) is 0 Å². The highest BCUT2D eigenvalue weighted by molar-refractivity contribution is 5.80. The van der Waals surface area contributed by atoms with Crippen LogP contribution in [0.5, 0.6) is 5.75 Å². The van der Waals surface area contributed by atoms with Gasteiger partial charge >= 0.3 is 0 Å². The molecule has 0 radical (unpaired) electrons. The normalized spacial score (nSPS) is 26.8. The second kappa shape index (κ2) is 7.87. The van der Waals surface area contributed by atoms with Crippen molar-refractivity contribution in [1.82, 2.24) is 15.5 Å². The number of rotatable bonds is 7. The zero-order chi connectivity index (χ0) is 17.9. The smallest absolute Gasteiger partial charge is 0.191 e. The summed E-state index contributed by atoms with van der Waals surface area (Å²) in [5.41, 5.74) is 1.19. The molecule has 1 saturated heterocycles. The summed E-state index contributed by atoms with van der Waals surface area (Å²) in [5.74, 6) is 2.65. The Balaban J connectivity index is 1.29. The molecular weight excluding hydrogens is 324 g/mol. The van der Waals surface area contributed by atoms with Gasteiger partial charge in [-0.15, -0.1) is 0 Å². The van der Waals surface area contributed by atoms with E-state index >= 15 is 0 Å². The summed E-state index contributed by atoms with van der Waals surface area (Å²) >= 11 is 0. The highest BCUT2D eigenvalue weighted by atomic mass is 16.5. The molecule has 1 aliphatic heterocycles. The number of hydrogen-bond acceptors (Lipinski definition) is 3. The molecule has 5 heteroatoms. The molecule has 2 atom stereocenters. The highest BCUT2D eigenvalue weighted by Gasteiger charge is 2.38. The number of aliphatic imine (C=N–C) groups is 1. The van der Waals surface area contributed by atoms with Gasteiger partial charge in [0.15, 0.2) is 5.96 Å². The van der Waals surface area contributed by atoms with Gasteiger partial charge in [0.05, 0.1) is 6.61 Å². The van der Waals surface area contributed by atoms with Crippen LogP contribution in [-0.4, -0.2) is 49.2 Å². The molecule has 142 valence electrons. The van der Waals surface area contributed by atoms with Crippen LogP contribution in [0.1, 0.15) is 44.6 Å². The maximum Gasteiger partial charge on any atom is 0.191 e. The monoisotopic (exact) mass is 356 g/mol. The van der Waals surface area contributed by atoms with Gasteiger partial charge in [0.2, 0.25) is 0 Å². The maximum absolute atomic E-state index is 6.01. The third-order valence-electron chi connectivity index (χ3n) is 5.79. The van der Waals surface area contributed by atoms with E-state index in [9.17, 15) is 0 Å². The molecule has 1 aromatic carbocycles. The Kier molecular flexibility index (Phi) is 5.34. The molecule has 2 unspecified atom stereocenters. The van der Waals surface area contributed by atoms with Crippen molar-refractivity contribution in [2.45, 2.75) is 63.7 Å². The van der Waals surface area contributed by atoms with Crippen LogP contribution in [0, 0.1) is 5.92 Å². The summed E-state index contributed by atoms with van der Waals surface area (Å²) in [6.45, 7) is 5.06. The fourth-order valence-corrected chi connectivity index (χ4v) is 3.93. The van der Waals surface area contributed by atoms with Crippen LogP contribution >= 0.6 is 0 Å². The third-order valence-corrected chi connectivity index (χ3v) is 5.79. The van der Waals surface area contributed by atoms with Crippen molar-refractivity contribution in [3.05, 3.63) is 29.8 Å². The van der Waals surface area contributed by atoms with Crippen molar-refractivity contribution in [2.75, 3.05) is 20.2 Å². The lowest BCUT2D eigenvalue weighted by molar-refractivity contribution is 0.256. The summed E-state index contributed by atoms with van der Waals surface area (Å²) < 4.78 is 6.01.